The van der Waals surface area contributed by atoms with E-state index in [0.717, 1.165) is 26.6 Å². The van der Waals surface area contributed by atoms with Gasteiger partial charge in [-0.15, -0.1) is 0 Å². The summed E-state index contributed by atoms with van der Waals surface area (Å²) in [6.07, 6.45) is 0.932. The zero-order valence-corrected chi connectivity index (χ0v) is 29.3. The van der Waals surface area contributed by atoms with Gasteiger partial charge < -0.3 is 19.7 Å². The molecule has 0 radical (unpaired) electrons. The zero-order chi connectivity index (χ0) is 34.8. The van der Waals surface area contributed by atoms with Crippen molar-refractivity contribution in [3.63, 3.8) is 0 Å². The van der Waals surface area contributed by atoms with Crippen LogP contribution >= 0.6 is 0 Å². The lowest BCUT2D eigenvalue weighted by molar-refractivity contribution is -0.140. The number of benzene rings is 4. The third-order valence-electron chi connectivity index (χ3n) is 8.25. The molecule has 4 aromatic carbocycles. The highest BCUT2D eigenvalue weighted by Gasteiger charge is 2.36. The number of ether oxygens (including phenoxy) is 2. The molecule has 10 heteroatoms. The first kappa shape index (κ1) is 36.0. The first-order valence-corrected chi connectivity index (χ1v) is 17.4. The predicted octanol–water partition coefficient (Wildman–Crippen LogP) is 6.07. The predicted molar refractivity (Wildman–Crippen MR) is 189 cm³/mol. The smallest absolute Gasteiger partial charge is 0.264 e. The number of hydrogen-bond acceptors (Lipinski definition) is 6. The first-order valence-electron chi connectivity index (χ1n) is 16.0. The Bertz CT molecular complexity index is 1800. The molecule has 0 saturated heterocycles. The van der Waals surface area contributed by atoms with Gasteiger partial charge in [-0.2, -0.15) is 0 Å². The van der Waals surface area contributed by atoms with E-state index >= 15 is 0 Å². The van der Waals surface area contributed by atoms with Gasteiger partial charge in [-0.05, 0) is 62.6 Å². The summed E-state index contributed by atoms with van der Waals surface area (Å²) in [6, 6.07) is 27.3. The Balaban J connectivity index is 1.87. The molecule has 9 nitrogen and oxygen atoms in total. The second kappa shape index (κ2) is 16.3. The lowest BCUT2D eigenvalue weighted by Crippen LogP contribution is -2.54. The molecule has 0 aromatic heterocycles. The molecule has 2 atom stereocenters. The van der Waals surface area contributed by atoms with Crippen LogP contribution in [0.4, 0.5) is 5.69 Å². The highest BCUT2D eigenvalue weighted by molar-refractivity contribution is 7.92. The van der Waals surface area contributed by atoms with Gasteiger partial charge in [0.15, 0.2) is 0 Å². The SMILES string of the molecule is CC[C@H](C)NC(=O)[C@H](Cc1ccccc1)N(Cc1cccc(C)c1)C(=O)CN(c1cc(OC)ccc1OC)S(=O)(=O)c1ccc(C)cc1. The molecule has 0 saturated carbocycles. The molecule has 0 bridgehead atoms. The molecule has 0 aliphatic rings. The number of aryl methyl sites for hydroxylation is 2. The van der Waals surface area contributed by atoms with Crippen LogP contribution in [0.1, 0.15) is 42.5 Å². The molecule has 4 rings (SSSR count). The molecule has 2 amide bonds. The number of methoxy groups -OCH3 is 2. The number of anilines is 1. The van der Waals surface area contributed by atoms with Crippen LogP contribution < -0.4 is 19.1 Å². The third kappa shape index (κ3) is 8.95. The molecule has 254 valence electrons. The number of nitrogens with zero attached hydrogens (tertiary/aromatic N) is 2. The van der Waals surface area contributed by atoms with Crippen LogP contribution in [-0.2, 0) is 32.6 Å². The lowest BCUT2D eigenvalue weighted by atomic mass is 10.0. The van der Waals surface area contributed by atoms with Crippen LogP contribution in [0, 0.1) is 13.8 Å². The van der Waals surface area contributed by atoms with Crippen LogP contribution in [0.25, 0.3) is 0 Å². The van der Waals surface area contributed by atoms with E-state index in [0.29, 0.717) is 12.2 Å². The molecule has 0 aliphatic heterocycles. The van der Waals surface area contributed by atoms with E-state index in [2.05, 4.69) is 5.32 Å². The number of rotatable bonds is 15. The molecule has 48 heavy (non-hydrogen) atoms. The van der Waals surface area contributed by atoms with Gasteiger partial charge in [0.25, 0.3) is 10.0 Å². The van der Waals surface area contributed by atoms with Gasteiger partial charge in [-0.25, -0.2) is 8.42 Å². The molecule has 0 heterocycles. The van der Waals surface area contributed by atoms with Crippen LogP contribution in [0.3, 0.4) is 0 Å². The fourth-order valence-corrected chi connectivity index (χ4v) is 6.76. The number of carbonyl (C=O) groups excluding carboxylic acids is 2. The minimum absolute atomic E-state index is 0.00589. The van der Waals surface area contributed by atoms with Gasteiger partial charge in [0, 0.05) is 25.1 Å². The van der Waals surface area contributed by atoms with Crippen molar-refractivity contribution in [3.8, 4) is 11.5 Å². The maximum Gasteiger partial charge on any atom is 0.264 e. The maximum absolute atomic E-state index is 14.8. The van der Waals surface area contributed by atoms with Gasteiger partial charge in [0.2, 0.25) is 11.8 Å². The minimum Gasteiger partial charge on any atom is -0.497 e. The van der Waals surface area contributed by atoms with Crippen molar-refractivity contribution in [1.29, 1.82) is 0 Å². The molecule has 1 N–H and O–H groups in total. The second-order valence-electron chi connectivity index (χ2n) is 11.9. The standard InChI is InChI=1S/C38H45N3O6S/c1-7-29(4)39-38(43)35(23-30-13-9-8-10-14-30)40(25-31-15-11-12-28(3)22-31)37(42)26-41(34-24-32(46-5)18-21-36(34)47-6)48(44,45)33-19-16-27(2)17-20-33/h8-22,24,29,35H,7,23,25-26H2,1-6H3,(H,39,43)/t29-,35-/m0/s1. The number of sulfonamides is 1. The van der Waals surface area contributed by atoms with Crippen LogP contribution in [0.5, 0.6) is 11.5 Å². The summed E-state index contributed by atoms with van der Waals surface area (Å²) in [5.41, 5.74) is 3.68. The molecular weight excluding hydrogens is 627 g/mol. The van der Waals surface area contributed by atoms with Crippen molar-refractivity contribution in [2.24, 2.45) is 0 Å². The van der Waals surface area contributed by atoms with Crippen LogP contribution in [0.2, 0.25) is 0 Å². The van der Waals surface area contributed by atoms with Crippen LogP contribution in [-0.4, -0.2) is 58.0 Å². The Morgan fingerprint density at radius 2 is 1.50 bits per heavy atom. The molecule has 0 unspecified atom stereocenters. The summed E-state index contributed by atoms with van der Waals surface area (Å²) in [5, 5.41) is 3.06. The quantitative estimate of drug-likeness (QED) is 0.165. The zero-order valence-electron chi connectivity index (χ0n) is 28.5. The summed E-state index contributed by atoms with van der Waals surface area (Å²) >= 11 is 0. The minimum atomic E-state index is -4.31. The van der Waals surface area contributed by atoms with Gasteiger partial charge in [0.1, 0.15) is 24.1 Å². The van der Waals surface area contributed by atoms with E-state index in [1.807, 2.05) is 82.3 Å². The van der Waals surface area contributed by atoms with E-state index < -0.39 is 28.5 Å². The summed E-state index contributed by atoms with van der Waals surface area (Å²) in [6.45, 7) is 7.19. The third-order valence-corrected chi connectivity index (χ3v) is 10.0. The Hall–Kier alpha value is -4.83. The average Bonchev–Trinajstić information content (AvgIpc) is 3.08. The largest absolute Gasteiger partial charge is 0.497 e. The summed E-state index contributed by atoms with van der Waals surface area (Å²) in [4.78, 5) is 30.3. The van der Waals surface area contributed by atoms with Crippen molar-refractivity contribution in [1.82, 2.24) is 10.2 Å². The molecular formula is C38H45N3O6S. The fourth-order valence-electron chi connectivity index (χ4n) is 5.34. The molecule has 0 aliphatic carbocycles. The maximum atomic E-state index is 14.8. The monoisotopic (exact) mass is 671 g/mol. The van der Waals surface area contributed by atoms with E-state index in [1.54, 1.807) is 24.3 Å². The number of carbonyl (C=O) groups is 2. The average molecular weight is 672 g/mol. The summed E-state index contributed by atoms with van der Waals surface area (Å²) < 4.78 is 40.9. The van der Waals surface area contributed by atoms with Gasteiger partial charge >= 0.3 is 0 Å². The van der Waals surface area contributed by atoms with E-state index in [4.69, 9.17) is 9.47 Å². The summed E-state index contributed by atoms with van der Waals surface area (Å²) in [7, 11) is -1.41. The van der Waals surface area contributed by atoms with Crippen molar-refractivity contribution in [2.75, 3.05) is 25.1 Å². The normalized spacial score (nSPS) is 12.5. The molecule has 0 fully saturated rings. The Morgan fingerprint density at radius 3 is 2.12 bits per heavy atom. The second-order valence-corrected chi connectivity index (χ2v) is 13.8. The summed E-state index contributed by atoms with van der Waals surface area (Å²) in [5.74, 6) is -0.257. The van der Waals surface area contributed by atoms with Gasteiger partial charge in [-0.1, -0.05) is 84.8 Å². The van der Waals surface area contributed by atoms with E-state index in [-0.39, 0.29) is 41.2 Å². The Morgan fingerprint density at radius 1 is 0.812 bits per heavy atom. The number of nitrogens with one attached hydrogen (secondary N) is 1. The van der Waals surface area contributed by atoms with Crippen LogP contribution in [0.15, 0.2) is 102 Å². The van der Waals surface area contributed by atoms with Crippen molar-refractivity contribution < 1.29 is 27.5 Å². The van der Waals surface area contributed by atoms with Crippen molar-refractivity contribution in [3.05, 3.63) is 119 Å². The molecule has 0 spiro atoms. The molecule has 4 aromatic rings. The Labute approximate surface area is 284 Å². The first-order chi connectivity index (χ1) is 23.0. The Kier molecular flexibility index (Phi) is 12.2. The van der Waals surface area contributed by atoms with E-state index in [9.17, 15) is 18.0 Å². The van der Waals surface area contributed by atoms with Gasteiger partial charge in [0.05, 0.1) is 24.8 Å². The lowest BCUT2D eigenvalue weighted by Gasteiger charge is -2.34. The fraction of sp³-hybridized carbons (Fsp3) is 0.316. The highest BCUT2D eigenvalue weighted by Crippen LogP contribution is 2.36. The number of hydrogen-bond donors (Lipinski definition) is 1. The highest BCUT2D eigenvalue weighted by atomic mass is 32.2. The van der Waals surface area contributed by atoms with Crippen molar-refractivity contribution >= 4 is 27.5 Å². The van der Waals surface area contributed by atoms with E-state index in [1.165, 1.54) is 37.3 Å². The number of amides is 2. The topological polar surface area (TPSA) is 105 Å². The van der Waals surface area contributed by atoms with Crippen molar-refractivity contribution in [2.45, 2.75) is 64.1 Å². The van der Waals surface area contributed by atoms with Gasteiger partial charge in [-0.3, -0.25) is 13.9 Å².